The Bertz CT molecular complexity index is 732. The van der Waals surface area contributed by atoms with Crippen LogP contribution in [0.2, 0.25) is 4.34 Å². The first-order valence-electron chi connectivity index (χ1n) is 9.73. The molecule has 0 amide bonds. The van der Waals surface area contributed by atoms with Gasteiger partial charge in [-0.2, -0.15) is 0 Å². The van der Waals surface area contributed by atoms with E-state index in [9.17, 15) is 15.3 Å². The van der Waals surface area contributed by atoms with Crippen molar-refractivity contribution in [2.45, 2.75) is 31.5 Å². The molecule has 10 heteroatoms. The average molecular weight is 447 g/mol. The summed E-state index contributed by atoms with van der Waals surface area (Å²) in [6.07, 6.45) is 2.64. The summed E-state index contributed by atoms with van der Waals surface area (Å²) in [5.41, 5.74) is 6.61. The molecule has 0 aromatic carbocycles. The Morgan fingerprint density at radius 1 is 1.45 bits per heavy atom. The van der Waals surface area contributed by atoms with Crippen molar-refractivity contribution in [1.82, 2.24) is 9.91 Å². The van der Waals surface area contributed by atoms with Gasteiger partial charge < -0.3 is 30.8 Å². The summed E-state index contributed by atoms with van der Waals surface area (Å²) in [7, 11) is 0. The molecule has 164 valence electrons. The second kappa shape index (κ2) is 9.07. The molecular formula is C19H31ClN4O4S. The van der Waals surface area contributed by atoms with Crippen molar-refractivity contribution in [3.63, 3.8) is 0 Å². The molecule has 1 spiro atoms. The number of thiophene rings is 1. The van der Waals surface area contributed by atoms with Gasteiger partial charge in [0.1, 0.15) is 11.7 Å². The Labute approximate surface area is 180 Å². The number of fused-ring (bicyclic) bond motifs is 2. The van der Waals surface area contributed by atoms with Gasteiger partial charge in [-0.3, -0.25) is 4.90 Å². The molecule has 0 radical (unpaired) electrons. The summed E-state index contributed by atoms with van der Waals surface area (Å²) >= 11 is 7.70. The zero-order valence-corrected chi connectivity index (χ0v) is 18.3. The maximum absolute atomic E-state index is 10.2. The van der Waals surface area contributed by atoms with Gasteiger partial charge in [0.15, 0.2) is 0 Å². The minimum absolute atomic E-state index is 0.164. The Morgan fingerprint density at radius 2 is 2.10 bits per heavy atom. The summed E-state index contributed by atoms with van der Waals surface area (Å²) in [5.74, 6) is 5.98. The minimum Gasteiger partial charge on any atom is -0.400 e. The number of hydrazine groups is 1. The number of nitrogens with zero attached hydrogens (tertiary/aromatic N) is 2. The van der Waals surface area contributed by atoms with Gasteiger partial charge in [-0.1, -0.05) is 18.5 Å². The van der Waals surface area contributed by atoms with Crippen LogP contribution in [0.25, 0.3) is 0 Å². The van der Waals surface area contributed by atoms with E-state index in [4.69, 9.17) is 27.9 Å². The normalized spacial score (nSPS) is 22.7. The minimum atomic E-state index is -0.689. The third-order valence-electron chi connectivity index (χ3n) is 5.75. The lowest BCUT2D eigenvalue weighted by molar-refractivity contribution is -0.127. The average Bonchev–Trinajstić information content (AvgIpc) is 3.09. The van der Waals surface area contributed by atoms with Gasteiger partial charge in [0, 0.05) is 53.9 Å². The predicted molar refractivity (Wildman–Crippen MR) is 113 cm³/mol. The molecule has 0 aliphatic carbocycles. The van der Waals surface area contributed by atoms with Gasteiger partial charge in [0.25, 0.3) is 0 Å². The number of hydrogen-bond donors (Lipinski definition) is 5. The summed E-state index contributed by atoms with van der Waals surface area (Å²) in [6, 6.07) is 1.85. The molecule has 0 saturated carbocycles. The first-order valence-corrected chi connectivity index (χ1v) is 10.9. The molecule has 2 aliphatic heterocycles. The molecular weight excluding hydrogens is 416 g/mol. The van der Waals surface area contributed by atoms with Gasteiger partial charge >= 0.3 is 0 Å². The zero-order valence-electron chi connectivity index (χ0n) is 16.7. The highest BCUT2D eigenvalue weighted by molar-refractivity contribution is 7.16. The number of piperidine rings is 1. The number of hydrogen-bond acceptors (Lipinski definition) is 9. The third kappa shape index (κ3) is 5.05. The summed E-state index contributed by atoms with van der Waals surface area (Å²) in [4.78, 5) is 3.29. The van der Waals surface area contributed by atoms with E-state index in [1.807, 2.05) is 6.07 Å². The van der Waals surface area contributed by atoms with Crippen molar-refractivity contribution in [3.8, 4) is 0 Å². The van der Waals surface area contributed by atoms with Gasteiger partial charge in [-0.05, 0) is 18.9 Å². The smallest absolute Gasteiger partial charge is 0.105 e. The lowest BCUT2D eigenvalue weighted by atomic mass is 9.84. The molecule has 2 aliphatic rings. The van der Waals surface area contributed by atoms with Crippen molar-refractivity contribution in [1.29, 1.82) is 0 Å². The molecule has 0 unspecified atom stereocenters. The fraction of sp³-hybridized carbons (Fsp3) is 0.684. The Kier molecular flexibility index (Phi) is 7.12. The summed E-state index contributed by atoms with van der Waals surface area (Å²) < 4.78 is 6.78. The molecule has 7 N–H and O–H groups in total. The maximum atomic E-state index is 10.2. The number of aliphatic hydroxyl groups excluding tert-OH is 3. The van der Waals surface area contributed by atoms with Crippen LogP contribution in [-0.2, 0) is 10.3 Å². The van der Waals surface area contributed by atoms with Crippen LogP contribution in [0.5, 0.6) is 0 Å². The van der Waals surface area contributed by atoms with Crippen molar-refractivity contribution < 1.29 is 20.1 Å². The van der Waals surface area contributed by atoms with Crippen LogP contribution < -0.4 is 11.6 Å². The van der Waals surface area contributed by atoms with Gasteiger partial charge in [-0.25, -0.2) is 5.84 Å². The Hall–Kier alpha value is -0.910. The monoisotopic (exact) mass is 446 g/mol. The number of likely N-dealkylation sites (tertiary alicyclic amines) is 1. The van der Waals surface area contributed by atoms with Crippen molar-refractivity contribution in [2.75, 3.05) is 46.0 Å². The Balaban J connectivity index is 1.58. The molecule has 29 heavy (non-hydrogen) atoms. The van der Waals surface area contributed by atoms with Gasteiger partial charge in [-0.15, -0.1) is 11.3 Å². The molecule has 1 atom stereocenters. The highest BCUT2D eigenvalue weighted by Gasteiger charge is 2.44. The van der Waals surface area contributed by atoms with E-state index in [0.29, 0.717) is 29.7 Å². The first-order chi connectivity index (χ1) is 13.7. The summed E-state index contributed by atoms with van der Waals surface area (Å²) in [5, 5.41) is 30.4. The van der Waals surface area contributed by atoms with Crippen LogP contribution in [0, 0.1) is 5.41 Å². The van der Waals surface area contributed by atoms with Crippen molar-refractivity contribution in [2.24, 2.45) is 17.0 Å². The quantitative estimate of drug-likeness (QED) is 0.306. The van der Waals surface area contributed by atoms with Crippen LogP contribution in [0.1, 0.15) is 36.3 Å². The highest BCUT2D eigenvalue weighted by Crippen LogP contribution is 2.48. The fourth-order valence-electron chi connectivity index (χ4n) is 3.96. The van der Waals surface area contributed by atoms with Crippen LogP contribution in [0.3, 0.4) is 0 Å². The first kappa shape index (κ1) is 22.8. The SMILES string of the molecule is CC(CO)(CO)CN(N)/C=C(\N)CN1CCC2(CC1)OC[C@@H](O)c1cc(Cl)sc12. The van der Waals surface area contributed by atoms with E-state index >= 15 is 0 Å². The van der Waals surface area contributed by atoms with E-state index in [-0.39, 0.29) is 18.8 Å². The second-order valence-electron chi connectivity index (χ2n) is 8.44. The maximum Gasteiger partial charge on any atom is 0.105 e. The van der Waals surface area contributed by atoms with Crippen LogP contribution >= 0.6 is 22.9 Å². The molecule has 1 saturated heterocycles. The second-order valence-corrected chi connectivity index (χ2v) is 10.1. The Morgan fingerprint density at radius 3 is 2.72 bits per heavy atom. The van der Waals surface area contributed by atoms with Crippen molar-refractivity contribution in [3.05, 3.63) is 32.7 Å². The zero-order chi connectivity index (χ0) is 21.2. The molecule has 1 aromatic rings. The van der Waals surface area contributed by atoms with E-state index in [1.165, 1.54) is 16.3 Å². The van der Waals surface area contributed by atoms with Crippen LogP contribution in [0.4, 0.5) is 0 Å². The molecule has 1 fully saturated rings. The highest BCUT2D eigenvalue weighted by atomic mass is 35.5. The van der Waals surface area contributed by atoms with Crippen LogP contribution in [-0.4, -0.2) is 71.2 Å². The lowest BCUT2D eigenvalue weighted by Crippen LogP contribution is -2.47. The van der Waals surface area contributed by atoms with E-state index < -0.39 is 11.5 Å². The van der Waals surface area contributed by atoms with E-state index in [2.05, 4.69) is 4.90 Å². The molecule has 3 rings (SSSR count). The summed E-state index contributed by atoms with van der Waals surface area (Å²) in [6.45, 7) is 4.18. The number of rotatable bonds is 7. The molecule has 1 aromatic heterocycles. The standard InChI is InChI=1S/C19H31ClN4O4S/c1-18(11-25,12-26)10-24(22)8-13(21)7-23-4-2-19(3-5-23)17-14(6-16(20)29-17)15(27)9-28-19/h6,8,15,25-27H,2-5,7,9-12,21-22H2,1H3/b13-8-/t15-/m1/s1. The van der Waals surface area contributed by atoms with E-state index in [0.717, 1.165) is 36.4 Å². The van der Waals surface area contributed by atoms with E-state index in [1.54, 1.807) is 13.1 Å². The number of halogens is 1. The number of nitrogens with two attached hydrogens (primary N) is 2. The lowest BCUT2D eigenvalue weighted by Gasteiger charge is -2.44. The third-order valence-corrected chi connectivity index (χ3v) is 7.22. The fourth-order valence-corrected chi connectivity index (χ4v) is 5.45. The van der Waals surface area contributed by atoms with Crippen LogP contribution in [0.15, 0.2) is 18.0 Å². The molecule has 8 nitrogen and oxygen atoms in total. The van der Waals surface area contributed by atoms with Gasteiger partial charge in [0.05, 0.1) is 24.2 Å². The number of aliphatic hydroxyl groups is 3. The predicted octanol–water partition coefficient (Wildman–Crippen LogP) is 0.723. The van der Waals surface area contributed by atoms with Gasteiger partial charge in [0.2, 0.25) is 0 Å². The number of ether oxygens (including phenoxy) is 1. The molecule has 0 bridgehead atoms. The molecule has 3 heterocycles. The van der Waals surface area contributed by atoms with Crippen molar-refractivity contribution >= 4 is 22.9 Å². The largest absolute Gasteiger partial charge is 0.400 e. The topological polar surface area (TPSA) is 128 Å².